The fraction of sp³-hybridized carbons (Fsp3) is 0.857. The van der Waals surface area contributed by atoms with Crippen molar-refractivity contribution >= 4 is 0 Å². The fourth-order valence-corrected chi connectivity index (χ4v) is 1.74. The lowest BCUT2D eigenvalue weighted by Gasteiger charge is -2.22. The number of nitrogens with zero attached hydrogens (tertiary/aromatic N) is 2. The highest BCUT2D eigenvalue weighted by atomic mass is 15.1. The zero-order valence-electron chi connectivity index (χ0n) is 12.1. The Morgan fingerprint density at radius 1 is 1.12 bits per heavy atom. The normalized spacial score (nSPS) is 13.2. The predicted octanol–water partition coefficient (Wildman–Crippen LogP) is 2.86. The van der Waals surface area contributed by atoms with Crippen molar-refractivity contribution in [3.8, 4) is 0 Å². The molecule has 0 aromatic heterocycles. The molecule has 96 valence electrons. The molecule has 0 bridgehead atoms. The van der Waals surface area contributed by atoms with Crippen LogP contribution in [-0.2, 0) is 0 Å². The maximum Gasteiger partial charge on any atom is 0.0106 e. The minimum atomic E-state index is 0.794. The van der Waals surface area contributed by atoms with Crippen molar-refractivity contribution in [3.63, 3.8) is 0 Å². The van der Waals surface area contributed by atoms with Crippen LogP contribution in [0.1, 0.15) is 33.6 Å². The SMILES string of the molecule is CC(C)=CCC[C@@H](C)CN(C)CCN(C)C. The Hall–Kier alpha value is -0.340. The molecule has 0 radical (unpaired) electrons. The molecule has 0 unspecified atom stereocenters. The molecule has 0 saturated heterocycles. The lowest BCUT2D eigenvalue weighted by atomic mass is 10.0. The van der Waals surface area contributed by atoms with Gasteiger partial charge in [-0.15, -0.1) is 0 Å². The molecule has 0 saturated carbocycles. The molecule has 0 aromatic rings. The summed E-state index contributed by atoms with van der Waals surface area (Å²) in [5.41, 5.74) is 1.44. The second-order valence-corrected chi connectivity index (χ2v) is 5.53. The Bertz CT molecular complexity index is 193. The zero-order valence-corrected chi connectivity index (χ0v) is 12.1. The molecule has 0 aromatic carbocycles. The molecule has 0 spiro atoms. The quantitative estimate of drug-likeness (QED) is 0.587. The Morgan fingerprint density at radius 2 is 1.75 bits per heavy atom. The first-order chi connectivity index (χ1) is 7.41. The van der Waals surface area contributed by atoms with Gasteiger partial charge in [-0.25, -0.2) is 0 Å². The van der Waals surface area contributed by atoms with E-state index in [1.165, 1.54) is 31.5 Å². The van der Waals surface area contributed by atoms with Crippen LogP contribution >= 0.6 is 0 Å². The molecule has 0 fully saturated rings. The van der Waals surface area contributed by atoms with Crippen LogP contribution < -0.4 is 0 Å². The van der Waals surface area contributed by atoms with Crippen LogP contribution in [0.4, 0.5) is 0 Å². The van der Waals surface area contributed by atoms with Gasteiger partial charge in [0.05, 0.1) is 0 Å². The summed E-state index contributed by atoms with van der Waals surface area (Å²) in [6, 6.07) is 0. The standard InChI is InChI=1S/C14H30N2/c1-13(2)8-7-9-14(3)12-16(6)11-10-15(4)5/h8,14H,7,9-12H2,1-6H3/t14-/m1/s1. The highest BCUT2D eigenvalue weighted by molar-refractivity contribution is 4.92. The van der Waals surface area contributed by atoms with Gasteiger partial charge in [0.2, 0.25) is 0 Å². The lowest BCUT2D eigenvalue weighted by molar-refractivity contribution is 0.248. The third-order valence-corrected chi connectivity index (χ3v) is 2.76. The number of rotatable bonds is 8. The summed E-state index contributed by atoms with van der Waals surface area (Å²) in [5, 5.41) is 0. The summed E-state index contributed by atoms with van der Waals surface area (Å²) in [7, 11) is 6.49. The van der Waals surface area contributed by atoms with Crippen molar-refractivity contribution in [2.24, 2.45) is 5.92 Å². The Morgan fingerprint density at radius 3 is 2.25 bits per heavy atom. The molecule has 0 aliphatic heterocycles. The molecular formula is C14H30N2. The van der Waals surface area contributed by atoms with Crippen molar-refractivity contribution in [1.82, 2.24) is 9.80 Å². The van der Waals surface area contributed by atoms with Crippen molar-refractivity contribution < 1.29 is 0 Å². The minimum absolute atomic E-state index is 0.794. The van der Waals surface area contributed by atoms with Crippen LogP contribution in [0.3, 0.4) is 0 Å². The third kappa shape index (κ3) is 10.2. The molecule has 0 aliphatic rings. The third-order valence-electron chi connectivity index (χ3n) is 2.76. The highest BCUT2D eigenvalue weighted by Crippen LogP contribution is 2.08. The maximum atomic E-state index is 2.44. The van der Waals surface area contributed by atoms with E-state index in [4.69, 9.17) is 0 Å². The average molecular weight is 226 g/mol. The van der Waals surface area contributed by atoms with Gasteiger partial charge in [-0.1, -0.05) is 18.6 Å². The summed E-state index contributed by atoms with van der Waals surface area (Å²) in [4.78, 5) is 4.68. The van der Waals surface area contributed by atoms with Gasteiger partial charge in [0.1, 0.15) is 0 Å². The predicted molar refractivity (Wildman–Crippen MR) is 73.9 cm³/mol. The molecule has 1 atom stereocenters. The van der Waals surface area contributed by atoms with Gasteiger partial charge >= 0.3 is 0 Å². The van der Waals surface area contributed by atoms with Crippen LogP contribution in [0.25, 0.3) is 0 Å². The van der Waals surface area contributed by atoms with E-state index in [1.54, 1.807) is 0 Å². The highest BCUT2D eigenvalue weighted by Gasteiger charge is 2.05. The van der Waals surface area contributed by atoms with Crippen molar-refractivity contribution in [1.29, 1.82) is 0 Å². The average Bonchev–Trinajstić information content (AvgIpc) is 2.14. The van der Waals surface area contributed by atoms with Crippen LogP contribution in [0, 0.1) is 5.92 Å². The number of hydrogen-bond acceptors (Lipinski definition) is 2. The van der Waals surface area contributed by atoms with Crippen LogP contribution in [0.2, 0.25) is 0 Å². The smallest absolute Gasteiger partial charge is 0.0106 e. The summed E-state index contributed by atoms with van der Waals surface area (Å²) >= 11 is 0. The molecule has 2 nitrogen and oxygen atoms in total. The first kappa shape index (κ1) is 15.7. The van der Waals surface area contributed by atoms with E-state index >= 15 is 0 Å². The minimum Gasteiger partial charge on any atom is -0.308 e. The van der Waals surface area contributed by atoms with E-state index in [1.807, 2.05) is 0 Å². The van der Waals surface area contributed by atoms with Gasteiger partial charge in [-0.2, -0.15) is 0 Å². The molecular weight excluding hydrogens is 196 g/mol. The second-order valence-electron chi connectivity index (χ2n) is 5.53. The first-order valence-corrected chi connectivity index (χ1v) is 6.38. The van der Waals surface area contributed by atoms with E-state index < -0.39 is 0 Å². The van der Waals surface area contributed by atoms with Crippen LogP contribution in [0.15, 0.2) is 11.6 Å². The molecule has 0 amide bonds. The van der Waals surface area contributed by atoms with E-state index in [9.17, 15) is 0 Å². The summed E-state index contributed by atoms with van der Waals surface area (Å²) in [5.74, 6) is 0.794. The molecule has 0 aliphatic carbocycles. The molecule has 0 N–H and O–H groups in total. The van der Waals surface area contributed by atoms with E-state index in [-0.39, 0.29) is 0 Å². The van der Waals surface area contributed by atoms with Crippen molar-refractivity contribution in [2.75, 3.05) is 40.8 Å². The monoisotopic (exact) mass is 226 g/mol. The van der Waals surface area contributed by atoms with E-state index in [0.29, 0.717) is 0 Å². The molecule has 0 rings (SSSR count). The lowest BCUT2D eigenvalue weighted by Crippen LogP contribution is -2.31. The topological polar surface area (TPSA) is 6.48 Å². The largest absolute Gasteiger partial charge is 0.308 e. The van der Waals surface area contributed by atoms with Gasteiger partial charge in [0.15, 0.2) is 0 Å². The van der Waals surface area contributed by atoms with Crippen LogP contribution in [0.5, 0.6) is 0 Å². The van der Waals surface area contributed by atoms with Gasteiger partial charge in [0, 0.05) is 19.6 Å². The molecule has 0 heterocycles. The molecule has 16 heavy (non-hydrogen) atoms. The van der Waals surface area contributed by atoms with Gasteiger partial charge in [0.25, 0.3) is 0 Å². The fourth-order valence-electron chi connectivity index (χ4n) is 1.74. The van der Waals surface area contributed by atoms with Crippen molar-refractivity contribution in [3.05, 3.63) is 11.6 Å². The summed E-state index contributed by atoms with van der Waals surface area (Å²) in [6.45, 7) is 10.2. The number of hydrogen-bond donors (Lipinski definition) is 0. The number of likely N-dealkylation sites (N-methyl/N-ethyl adjacent to an activating group) is 2. The Labute approximate surface area is 102 Å². The maximum absolute atomic E-state index is 2.44. The zero-order chi connectivity index (χ0) is 12.6. The Kier molecular flexibility index (Phi) is 8.58. The van der Waals surface area contributed by atoms with Gasteiger partial charge < -0.3 is 9.80 Å². The number of allylic oxidation sites excluding steroid dienone is 2. The van der Waals surface area contributed by atoms with E-state index in [0.717, 1.165) is 12.5 Å². The summed E-state index contributed by atoms with van der Waals surface area (Å²) in [6.07, 6.45) is 4.87. The second kappa shape index (κ2) is 8.77. The van der Waals surface area contributed by atoms with Crippen LogP contribution in [-0.4, -0.2) is 50.6 Å². The van der Waals surface area contributed by atoms with Gasteiger partial charge in [-0.05, 0) is 53.8 Å². The molecule has 2 heteroatoms. The van der Waals surface area contributed by atoms with Gasteiger partial charge in [-0.3, -0.25) is 0 Å². The van der Waals surface area contributed by atoms with Crippen molar-refractivity contribution in [2.45, 2.75) is 33.6 Å². The van der Waals surface area contributed by atoms with E-state index in [2.05, 4.69) is 57.8 Å². The first-order valence-electron chi connectivity index (χ1n) is 6.38. The summed E-state index contributed by atoms with van der Waals surface area (Å²) < 4.78 is 0. The Balaban J connectivity index is 3.61.